The molecule has 1 aliphatic heterocycles. The standard InChI is InChI=1S/C20H23N5OS/c21-13-15-2-3-17(24-27-25-10-1-11-25)16(12-15)18(26)23-20-7-4-19(14-22,5-8-20)6-9-20/h2-3,12,24H,1,4-11H2,(H,23,26). The minimum Gasteiger partial charge on any atom is -0.347 e. The minimum absolute atomic E-state index is 0.134. The van der Waals surface area contributed by atoms with Crippen LogP contribution in [-0.4, -0.2) is 28.8 Å². The third kappa shape index (κ3) is 3.50. The van der Waals surface area contributed by atoms with Crippen molar-refractivity contribution in [3.63, 3.8) is 0 Å². The van der Waals surface area contributed by atoms with Crippen LogP contribution in [-0.2, 0) is 0 Å². The number of benzene rings is 1. The Bertz CT molecular complexity index is 811. The van der Waals surface area contributed by atoms with Gasteiger partial charge in [-0.2, -0.15) is 10.5 Å². The summed E-state index contributed by atoms with van der Waals surface area (Å²) in [5, 5.41) is 21.9. The van der Waals surface area contributed by atoms with Crippen molar-refractivity contribution < 1.29 is 4.79 Å². The first-order valence-electron chi connectivity index (χ1n) is 9.53. The van der Waals surface area contributed by atoms with Crippen molar-refractivity contribution in [2.45, 2.75) is 50.5 Å². The molecule has 2 N–H and O–H groups in total. The Kier molecular flexibility index (Phi) is 4.75. The van der Waals surface area contributed by atoms with Gasteiger partial charge < -0.3 is 10.0 Å². The molecule has 0 aromatic heterocycles. The molecule has 7 heteroatoms. The molecule has 27 heavy (non-hydrogen) atoms. The first kappa shape index (κ1) is 18.2. The molecule has 140 valence electrons. The lowest BCUT2D eigenvalue weighted by atomic mass is 9.58. The zero-order valence-corrected chi connectivity index (χ0v) is 16.1. The normalized spacial score (nSPS) is 29.3. The van der Waals surface area contributed by atoms with E-state index < -0.39 is 0 Å². The van der Waals surface area contributed by atoms with E-state index in [2.05, 4.69) is 26.5 Å². The molecule has 1 aromatic rings. The fraction of sp³-hybridized carbons (Fsp3) is 0.550. The lowest BCUT2D eigenvalue weighted by molar-refractivity contribution is 0.0522. The number of hydrogen-bond acceptors (Lipinski definition) is 6. The summed E-state index contributed by atoms with van der Waals surface area (Å²) in [6.07, 6.45) is 6.34. The second kappa shape index (κ2) is 7.07. The van der Waals surface area contributed by atoms with Crippen LogP contribution in [0.4, 0.5) is 5.69 Å². The lowest BCUT2D eigenvalue weighted by Gasteiger charge is -2.50. The Labute approximate surface area is 164 Å². The third-order valence-electron chi connectivity index (χ3n) is 6.36. The molecule has 6 nitrogen and oxygen atoms in total. The van der Waals surface area contributed by atoms with Gasteiger partial charge in [0.25, 0.3) is 5.91 Å². The summed E-state index contributed by atoms with van der Waals surface area (Å²) < 4.78 is 5.47. The van der Waals surface area contributed by atoms with Crippen LogP contribution in [0.3, 0.4) is 0 Å². The summed E-state index contributed by atoms with van der Waals surface area (Å²) in [4.78, 5) is 13.1. The van der Waals surface area contributed by atoms with Crippen LogP contribution in [0.1, 0.15) is 60.9 Å². The van der Waals surface area contributed by atoms with E-state index in [-0.39, 0.29) is 16.9 Å². The molecule has 0 unspecified atom stereocenters. The summed E-state index contributed by atoms with van der Waals surface area (Å²) in [6.45, 7) is 2.08. The van der Waals surface area contributed by atoms with E-state index in [1.165, 1.54) is 18.6 Å². The smallest absolute Gasteiger partial charge is 0.253 e. The Morgan fingerprint density at radius 2 is 1.81 bits per heavy atom. The molecular weight excluding hydrogens is 358 g/mol. The molecule has 1 aromatic carbocycles. The van der Waals surface area contributed by atoms with E-state index in [4.69, 9.17) is 0 Å². The van der Waals surface area contributed by atoms with Gasteiger partial charge in [-0.25, -0.2) is 4.31 Å². The van der Waals surface area contributed by atoms with Crippen LogP contribution in [0.2, 0.25) is 0 Å². The Morgan fingerprint density at radius 1 is 1.11 bits per heavy atom. The zero-order chi connectivity index (χ0) is 18.9. The predicted molar refractivity (Wildman–Crippen MR) is 105 cm³/mol. The first-order chi connectivity index (χ1) is 13.1. The van der Waals surface area contributed by atoms with Gasteiger partial charge >= 0.3 is 0 Å². The number of nitrogens with zero attached hydrogens (tertiary/aromatic N) is 3. The highest BCUT2D eigenvalue weighted by Crippen LogP contribution is 2.52. The molecule has 0 atom stereocenters. The van der Waals surface area contributed by atoms with Crippen molar-refractivity contribution in [3.05, 3.63) is 29.3 Å². The van der Waals surface area contributed by atoms with Crippen molar-refractivity contribution in [1.82, 2.24) is 9.62 Å². The molecule has 3 saturated carbocycles. The molecule has 4 aliphatic rings. The topological polar surface area (TPSA) is 91.9 Å². The molecule has 0 radical (unpaired) electrons. The van der Waals surface area contributed by atoms with E-state index in [1.54, 1.807) is 18.2 Å². The van der Waals surface area contributed by atoms with Crippen molar-refractivity contribution in [1.29, 1.82) is 10.5 Å². The molecule has 3 aliphatic carbocycles. The highest BCUT2D eigenvalue weighted by Gasteiger charge is 2.49. The van der Waals surface area contributed by atoms with Gasteiger partial charge in [0.1, 0.15) is 0 Å². The SMILES string of the molecule is N#Cc1ccc(NSN2CCC2)c(C(=O)NC23CCC(C#N)(CC2)CC3)c1. The molecule has 1 amide bonds. The number of carbonyl (C=O) groups excluding carboxylic acids is 1. The van der Waals surface area contributed by atoms with Crippen molar-refractivity contribution in [2.75, 3.05) is 17.8 Å². The molecule has 5 rings (SSSR count). The van der Waals surface area contributed by atoms with E-state index in [0.717, 1.165) is 57.3 Å². The highest BCUT2D eigenvalue weighted by atomic mass is 32.2. The number of carbonyl (C=O) groups is 1. The van der Waals surface area contributed by atoms with Crippen LogP contribution in [0, 0.1) is 28.1 Å². The minimum atomic E-state index is -0.208. The average Bonchev–Trinajstić information content (AvgIpc) is 2.68. The summed E-state index contributed by atoms with van der Waals surface area (Å²) in [5.74, 6) is -0.134. The van der Waals surface area contributed by atoms with Crippen LogP contribution < -0.4 is 10.0 Å². The fourth-order valence-corrected chi connectivity index (χ4v) is 5.08. The van der Waals surface area contributed by atoms with Gasteiger partial charge in [-0.3, -0.25) is 4.79 Å². The second-order valence-electron chi connectivity index (χ2n) is 7.97. The quantitative estimate of drug-likeness (QED) is 0.758. The van der Waals surface area contributed by atoms with Gasteiger partial charge in [-0.05, 0) is 63.1 Å². The number of hydrogen-bond donors (Lipinski definition) is 2. The third-order valence-corrected chi connectivity index (χ3v) is 7.29. The number of nitriles is 2. The summed E-state index contributed by atoms with van der Waals surface area (Å²) in [5.41, 5.74) is 1.35. The molecular formula is C20H23N5OS. The zero-order valence-electron chi connectivity index (χ0n) is 15.3. The van der Waals surface area contributed by atoms with Crippen molar-refractivity contribution in [2.24, 2.45) is 5.41 Å². The lowest BCUT2D eigenvalue weighted by Crippen LogP contribution is -2.56. The predicted octanol–water partition coefficient (Wildman–Crippen LogP) is 3.59. The van der Waals surface area contributed by atoms with Gasteiger partial charge in [0, 0.05) is 30.8 Å². The Hall–Kier alpha value is -2.22. The fourth-order valence-electron chi connectivity index (χ4n) is 4.23. The highest BCUT2D eigenvalue weighted by molar-refractivity contribution is 7.98. The monoisotopic (exact) mass is 381 g/mol. The summed E-state index contributed by atoms with van der Waals surface area (Å²) in [7, 11) is 0. The van der Waals surface area contributed by atoms with Gasteiger partial charge in [-0.15, -0.1) is 0 Å². The molecule has 4 fully saturated rings. The van der Waals surface area contributed by atoms with Gasteiger partial charge in [-0.1, -0.05) is 0 Å². The van der Waals surface area contributed by atoms with Crippen LogP contribution in [0.15, 0.2) is 18.2 Å². The Balaban J connectivity index is 1.50. The summed E-state index contributed by atoms with van der Waals surface area (Å²) >= 11 is 1.51. The number of amides is 1. The number of fused-ring (bicyclic) bond motifs is 3. The van der Waals surface area contributed by atoms with E-state index in [0.29, 0.717) is 11.1 Å². The Morgan fingerprint density at radius 3 is 2.37 bits per heavy atom. The second-order valence-corrected chi connectivity index (χ2v) is 8.88. The molecule has 1 saturated heterocycles. The van der Waals surface area contributed by atoms with E-state index >= 15 is 0 Å². The molecule has 1 heterocycles. The maximum atomic E-state index is 13.1. The first-order valence-corrected chi connectivity index (χ1v) is 10.3. The van der Waals surface area contributed by atoms with Crippen LogP contribution >= 0.6 is 12.1 Å². The largest absolute Gasteiger partial charge is 0.347 e. The summed E-state index contributed by atoms with van der Waals surface area (Å²) in [6, 6.07) is 9.83. The van der Waals surface area contributed by atoms with E-state index in [9.17, 15) is 15.3 Å². The van der Waals surface area contributed by atoms with Gasteiger partial charge in [0.05, 0.1) is 34.4 Å². The van der Waals surface area contributed by atoms with Crippen molar-refractivity contribution >= 4 is 23.7 Å². The maximum absolute atomic E-state index is 13.1. The molecule has 0 spiro atoms. The van der Waals surface area contributed by atoms with Gasteiger partial charge in [0.15, 0.2) is 0 Å². The van der Waals surface area contributed by atoms with Crippen LogP contribution in [0.5, 0.6) is 0 Å². The average molecular weight is 382 g/mol. The van der Waals surface area contributed by atoms with Crippen LogP contribution in [0.25, 0.3) is 0 Å². The van der Waals surface area contributed by atoms with Gasteiger partial charge in [0.2, 0.25) is 0 Å². The maximum Gasteiger partial charge on any atom is 0.253 e. The number of anilines is 1. The molecule has 2 bridgehead atoms. The van der Waals surface area contributed by atoms with E-state index in [1.807, 2.05) is 0 Å². The van der Waals surface area contributed by atoms with Crippen molar-refractivity contribution in [3.8, 4) is 12.1 Å². The number of nitrogens with one attached hydrogen (secondary N) is 2. The number of rotatable bonds is 5.